The van der Waals surface area contributed by atoms with E-state index in [1.165, 1.54) is 51.4 Å². The molecule has 0 aromatic heterocycles. The van der Waals surface area contributed by atoms with Gasteiger partial charge in [0, 0.05) is 0 Å². The second-order valence-electron chi connectivity index (χ2n) is 5.73. The van der Waals surface area contributed by atoms with Crippen molar-refractivity contribution in [3.63, 3.8) is 0 Å². The Bertz CT molecular complexity index is 244. The van der Waals surface area contributed by atoms with Crippen LogP contribution in [0.25, 0.3) is 0 Å². The van der Waals surface area contributed by atoms with E-state index >= 15 is 0 Å². The number of hydrogen-bond acceptors (Lipinski definition) is 1. The lowest BCUT2D eigenvalue weighted by Crippen LogP contribution is -2.22. The van der Waals surface area contributed by atoms with Crippen molar-refractivity contribution in [1.82, 2.24) is 0 Å². The minimum absolute atomic E-state index is 0.768. The first kappa shape index (κ1) is 18.5. The van der Waals surface area contributed by atoms with Gasteiger partial charge in [-0.25, -0.2) is 0 Å². The van der Waals surface area contributed by atoms with Crippen LogP contribution in [-0.2, 0) is 0 Å². The van der Waals surface area contributed by atoms with Gasteiger partial charge in [-0.1, -0.05) is 76.7 Å². The molecule has 0 fully saturated rings. The number of hydrogen-bond donors (Lipinski definition) is 1. The molecule has 0 aliphatic carbocycles. The summed E-state index contributed by atoms with van der Waals surface area (Å²) in [4.78, 5) is 0. The van der Waals surface area contributed by atoms with Crippen LogP contribution in [0.2, 0.25) is 0 Å². The molecule has 110 valence electrons. The van der Waals surface area contributed by atoms with Gasteiger partial charge in [0.1, 0.15) is 0 Å². The molecular formula is C17H33BO. The van der Waals surface area contributed by atoms with E-state index in [1.807, 2.05) is 20.0 Å². The van der Waals surface area contributed by atoms with Crippen LogP contribution >= 0.6 is 0 Å². The van der Waals surface area contributed by atoms with Gasteiger partial charge in [0.25, 0.3) is 0 Å². The van der Waals surface area contributed by atoms with E-state index < -0.39 is 5.50 Å². The van der Waals surface area contributed by atoms with Crippen molar-refractivity contribution in [3.05, 3.63) is 24.3 Å². The van der Waals surface area contributed by atoms with Gasteiger partial charge in [-0.3, -0.25) is 0 Å². The summed E-state index contributed by atoms with van der Waals surface area (Å²) in [5.74, 6) is 0. The lowest BCUT2D eigenvalue weighted by molar-refractivity contribution is 0.228. The van der Waals surface area contributed by atoms with Gasteiger partial charge in [0.15, 0.2) is 7.85 Å². The summed E-state index contributed by atoms with van der Waals surface area (Å²) in [6.45, 7) is 4.45. The van der Waals surface area contributed by atoms with Crippen LogP contribution < -0.4 is 0 Å². The lowest BCUT2D eigenvalue weighted by Gasteiger charge is -2.13. The zero-order valence-electron chi connectivity index (χ0n) is 13.3. The third-order valence-electron chi connectivity index (χ3n) is 3.36. The van der Waals surface area contributed by atoms with Crippen molar-refractivity contribution >= 4 is 7.85 Å². The highest BCUT2D eigenvalue weighted by molar-refractivity contribution is 6.17. The Kier molecular flexibility index (Phi) is 12.2. The number of allylic oxidation sites excluding steroid dienone is 2. The fourth-order valence-corrected chi connectivity index (χ4v) is 2.08. The normalized spacial score (nSPS) is 15.3. The highest BCUT2D eigenvalue weighted by Crippen LogP contribution is 2.09. The predicted octanol–water partition coefficient (Wildman–Crippen LogP) is 4.36. The monoisotopic (exact) mass is 264 g/mol. The van der Waals surface area contributed by atoms with Crippen molar-refractivity contribution in [2.24, 2.45) is 0 Å². The van der Waals surface area contributed by atoms with Gasteiger partial charge >= 0.3 is 0 Å². The average molecular weight is 264 g/mol. The van der Waals surface area contributed by atoms with Crippen LogP contribution in [0.4, 0.5) is 0 Å². The molecule has 0 amide bonds. The highest BCUT2D eigenvalue weighted by atomic mass is 16.3. The molecule has 19 heavy (non-hydrogen) atoms. The minimum Gasteiger partial charge on any atom is -0.391 e. The Morgan fingerprint density at radius 1 is 0.789 bits per heavy atom. The van der Waals surface area contributed by atoms with Gasteiger partial charge in [-0.2, -0.15) is 0 Å². The van der Waals surface area contributed by atoms with E-state index in [4.69, 9.17) is 0 Å². The Morgan fingerprint density at radius 2 is 1.21 bits per heavy atom. The maximum Gasteiger partial charge on any atom is 0.153 e. The largest absolute Gasteiger partial charge is 0.391 e. The van der Waals surface area contributed by atoms with Crippen LogP contribution in [0.15, 0.2) is 24.3 Å². The molecule has 0 saturated heterocycles. The fraction of sp³-hybridized carbons (Fsp3) is 0.765. The molecule has 0 aliphatic heterocycles. The van der Waals surface area contributed by atoms with Gasteiger partial charge < -0.3 is 5.11 Å². The maximum atomic E-state index is 10.1. The number of aliphatic hydroxyl groups is 1. The summed E-state index contributed by atoms with van der Waals surface area (Å²) < 4.78 is 0. The van der Waals surface area contributed by atoms with Gasteiger partial charge in [0.2, 0.25) is 0 Å². The van der Waals surface area contributed by atoms with E-state index in [9.17, 15) is 5.11 Å². The van der Waals surface area contributed by atoms with Crippen molar-refractivity contribution in [1.29, 1.82) is 0 Å². The summed E-state index contributed by atoms with van der Waals surface area (Å²) in [6.07, 6.45) is 20.6. The summed E-state index contributed by atoms with van der Waals surface area (Å²) in [5.41, 5.74) is -0.768. The molecular weight excluding hydrogens is 231 g/mol. The van der Waals surface area contributed by atoms with E-state index in [0.717, 1.165) is 12.8 Å². The first-order valence-electron chi connectivity index (χ1n) is 8.20. The SMILES string of the molecule is BC(O)(/C=C\CCCCC)/C=C\CCCCCCC. The highest BCUT2D eigenvalue weighted by Gasteiger charge is 2.09. The summed E-state index contributed by atoms with van der Waals surface area (Å²) >= 11 is 0. The van der Waals surface area contributed by atoms with E-state index in [0.29, 0.717) is 0 Å². The molecule has 1 atom stereocenters. The third-order valence-corrected chi connectivity index (χ3v) is 3.36. The quantitative estimate of drug-likeness (QED) is 0.315. The Hall–Kier alpha value is -0.495. The first-order valence-corrected chi connectivity index (χ1v) is 8.20. The van der Waals surface area contributed by atoms with Gasteiger partial charge in [-0.15, -0.1) is 0 Å². The summed E-state index contributed by atoms with van der Waals surface area (Å²) in [7, 11) is 1.86. The molecule has 1 N–H and O–H groups in total. The minimum atomic E-state index is -0.768. The molecule has 1 nitrogen and oxygen atoms in total. The fourth-order valence-electron chi connectivity index (χ4n) is 2.08. The molecule has 0 spiro atoms. The third kappa shape index (κ3) is 13.7. The van der Waals surface area contributed by atoms with Crippen molar-refractivity contribution < 1.29 is 5.11 Å². The van der Waals surface area contributed by atoms with Crippen molar-refractivity contribution in [3.8, 4) is 0 Å². The standard InChI is InChI=1S/C17H33BO/c1-3-5-7-9-10-12-14-16-17(18,19)15-13-11-8-6-4-2/h13-16,19H,3-12,18H2,1-2H3/b15-13-,16-14-. The van der Waals surface area contributed by atoms with E-state index in [1.54, 1.807) is 0 Å². The van der Waals surface area contributed by atoms with Gasteiger partial charge in [0.05, 0.1) is 5.50 Å². The second-order valence-corrected chi connectivity index (χ2v) is 5.73. The smallest absolute Gasteiger partial charge is 0.153 e. The molecule has 0 radical (unpaired) electrons. The van der Waals surface area contributed by atoms with Crippen molar-refractivity contribution in [2.45, 2.75) is 83.6 Å². The summed E-state index contributed by atoms with van der Waals surface area (Å²) in [6, 6.07) is 0. The zero-order valence-corrected chi connectivity index (χ0v) is 13.3. The molecule has 2 heteroatoms. The second kappa shape index (κ2) is 12.5. The average Bonchev–Trinajstić information content (AvgIpc) is 2.37. The molecule has 0 aliphatic rings. The number of unbranched alkanes of at least 4 members (excludes halogenated alkanes) is 8. The topological polar surface area (TPSA) is 20.2 Å². The van der Waals surface area contributed by atoms with E-state index in [2.05, 4.69) is 26.0 Å². The lowest BCUT2D eigenvalue weighted by atomic mass is 9.80. The van der Waals surface area contributed by atoms with Gasteiger partial charge in [-0.05, 0) is 25.7 Å². The maximum absolute atomic E-state index is 10.1. The summed E-state index contributed by atoms with van der Waals surface area (Å²) in [5, 5.41) is 10.1. The van der Waals surface area contributed by atoms with Crippen LogP contribution in [0.1, 0.15) is 78.1 Å². The molecule has 0 heterocycles. The predicted molar refractivity (Wildman–Crippen MR) is 89.3 cm³/mol. The van der Waals surface area contributed by atoms with Crippen LogP contribution in [0, 0.1) is 0 Å². The molecule has 0 saturated carbocycles. The Balaban J connectivity index is 3.69. The van der Waals surface area contributed by atoms with E-state index in [-0.39, 0.29) is 0 Å². The van der Waals surface area contributed by atoms with Crippen molar-refractivity contribution in [2.75, 3.05) is 0 Å². The number of rotatable bonds is 12. The molecule has 0 aromatic rings. The van der Waals surface area contributed by atoms with Crippen LogP contribution in [0.5, 0.6) is 0 Å². The Morgan fingerprint density at radius 3 is 1.74 bits per heavy atom. The molecule has 0 aromatic carbocycles. The van der Waals surface area contributed by atoms with Crippen LogP contribution in [-0.4, -0.2) is 18.5 Å². The molecule has 0 rings (SSSR count). The Labute approximate surface area is 121 Å². The zero-order chi connectivity index (χ0) is 14.4. The first-order chi connectivity index (χ1) is 9.12. The molecule has 0 bridgehead atoms. The van der Waals surface area contributed by atoms with Crippen LogP contribution in [0.3, 0.4) is 0 Å². The molecule has 1 unspecified atom stereocenters.